The predicted octanol–water partition coefficient (Wildman–Crippen LogP) is 7.44. The van der Waals surface area contributed by atoms with Crippen LogP contribution in [0.15, 0.2) is 170 Å². The van der Waals surface area contributed by atoms with Gasteiger partial charge in [-0.05, 0) is 74.8 Å². The van der Waals surface area contributed by atoms with Crippen molar-refractivity contribution < 1.29 is 0 Å². The number of nitriles is 3. The van der Waals surface area contributed by atoms with Gasteiger partial charge in [0.2, 0.25) is 0 Å². The summed E-state index contributed by atoms with van der Waals surface area (Å²) in [6.45, 7) is 0. The lowest BCUT2D eigenvalue weighted by Gasteiger charge is -2.37. The topological polar surface area (TPSA) is 76.3 Å². The van der Waals surface area contributed by atoms with Crippen molar-refractivity contribution in [1.29, 1.82) is 15.8 Å². The molecule has 0 unspecified atom stereocenters. The van der Waals surface area contributed by atoms with E-state index in [-0.39, 0.29) is 0 Å². The maximum Gasteiger partial charge on any atom is 0.181 e. The maximum absolute atomic E-state index is 10.9. The molecule has 0 aliphatic rings. The molecule has 0 atom stereocenters. The SMILES string of the molecule is N#Cc1ccc2c(c1)c1ccccc1n2-c1cccc(-c2c(C#N)ccc(C#N)c2[Si](c2ccccc2)(c2ccccc2)c2ccccc2)c1. The highest BCUT2D eigenvalue weighted by molar-refractivity contribution is 7.20. The molecular weight excluding hydrogens is 625 g/mol. The molecule has 1 heterocycles. The van der Waals surface area contributed by atoms with Gasteiger partial charge in [-0.2, -0.15) is 15.8 Å². The zero-order chi connectivity index (χ0) is 34.1. The van der Waals surface area contributed by atoms with Gasteiger partial charge in [-0.1, -0.05) is 121 Å². The molecule has 8 aromatic rings. The summed E-state index contributed by atoms with van der Waals surface area (Å²) < 4.78 is 2.21. The van der Waals surface area contributed by atoms with Gasteiger partial charge in [0.25, 0.3) is 0 Å². The molecule has 0 bridgehead atoms. The Labute approximate surface area is 291 Å². The average Bonchev–Trinajstić information content (AvgIpc) is 3.53. The number of rotatable bonds is 6. The maximum atomic E-state index is 10.9. The van der Waals surface area contributed by atoms with Crippen LogP contribution in [0.4, 0.5) is 0 Å². The molecule has 0 aliphatic carbocycles. The first-order valence-electron chi connectivity index (χ1n) is 16.4. The third-order valence-corrected chi connectivity index (χ3v) is 14.5. The van der Waals surface area contributed by atoms with Crippen molar-refractivity contribution in [3.05, 3.63) is 187 Å². The predicted molar refractivity (Wildman–Crippen MR) is 204 cm³/mol. The van der Waals surface area contributed by atoms with E-state index in [1.54, 1.807) is 6.07 Å². The monoisotopic (exact) mass is 652 g/mol. The van der Waals surface area contributed by atoms with E-state index < -0.39 is 8.07 Å². The summed E-state index contributed by atoms with van der Waals surface area (Å²) in [5.41, 5.74) is 6.20. The molecule has 0 saturated carbocycles. The number of benzene rings is 7. The van der Waals surface area contributed by atoms with Gasteiger partial charge >= 0.3 is 0 Å². The number of hydrogen-bond acceptors (Lipinski definition) is 3. The van der Waals surface area contributed by atoms with Crippen LogP contribution in [0.3, 0.4) is 0 Å². The summed E-state index contributed by atoms with van der Waals surface area (Å²) in [6.07, 6.45) is 0. The Kier molecular flexibility index (Phi) is 7.63. The second-order valence-electron chi connectivity index (χ2n) is 12.2. The Bertz CT molecular complexity index is 2580. The molecule has 0 aliphatic heterocycles. The molecule has 0 N–H and O–H groups in total. The molecule has 50 heavy (non-hydrogen) atoms. The van der Waals surface area contributed by atoms with Crippen LogP contribution in [-0.4, -0.2) is 12.6 Å². The summed E-state index contributed by atoms with van der Waals surface area (Å²) in [7, 11) is -3.23. The van der Waals surface area contributed by atoms with Gasteiger partial charge in [-0.3, -0.25) is 0 Å². The largest absolute Gasteiger partial charge is 0.309 e. The molecule has 0 radical (unpaired) electrons. The fourth-order valence-corrected chi connectivity index (χ4v) is 12.7. The van der Waals surface area contributed by atoms with Crippen molar-refractivity contribution >= 4 is 50.6 Å². The zero-order valence-electron chi connectivity index (χ0n) is 27.0. The normalized spacial score (nSPS) is 11.1. The molecule has 0 spiro atoms. The molecule has 232 valence electrons. The second kappa shape index (κ2) is 12.6. The minimum atomic E-state index is -3.23. The lowest BCUT2D eigenvalue weighted by molar-refractivity contribution is 1.18. The van der Waals surface area contributed by atoms with Crippen molar-refractivity contribution in [2.45, 2.75) is 0 Å². The van der Waals surface area contributed by atoms with E-state index in [0.717, 1.165) is 59.4 Å². The second-order valence-corrected chi connectivity index (χ2v) is 16.0. The summed E-state index contributed by atoms with van der Waals surface area (Å²) in [5, 5.41) is 37.7. The van der Waals surface area contributed by atoms with E-state index in [1.807, 2.05) is 66.7 Å². The molecule has 0 saturated heterocycles. The van der Waals surface area contributed by atoms with Gasteiger partial charge in [0.05, 0.1) is 45.9 Å². The summed E-state index contributed by atoms with van der Waals surface area (Å²) in [6, 6.07) is 64.7. The van der Waals surface area contributed by atoms with Crippen molar-refractivity contribution in [2.24, 2.45) is 0 Å². The molecule has 4 nitrogen and oxygen atoms in total. The number of hydrogen-bond donors (Lipinski definition) is 0. The molecule has 7 aromatic carbocycles. The number of nitrogens with zero attached hydrogens (tertiary/aromatic N) is 4. The van der Waals surface area contributed by atoms with Crippen LogP contribution in [0.5, 0.6) is 0 Å². The van der Waals surface area contributed by atoms with E-state index in [1.165, 1.54) is 0 Å². The van der Waals surface area contributed by atoms with E-state index >= 15 is 0 Å². The van der Waals surface area contributed by atoms with Crippen LogP contribution in [-0.2, 0) is 0 Å². The van der Waals surface area contributed by atoms with Crippen LogP contribution in [0.25, 0.3) is 38.6 Å². The molecule has 0 amide bonds. The molecule has 1 aromatic heterocycles. The van der Waals surface area contributed by atoms with Crippen LogP contribution < -0.4 is 20.7 Å². The van der Waals surface area contributed by atoms with Crippen molar-refractivity contribution in [3.8, 4) is 35.0 Å². The Balaban J connectivity index is 1.50. The Morgan fingerprint density at radius 1 is 0.440 bits per heavy atom. The molecule has 8 rings (SSSR count). The first-order chi connectivity index (χ1) is 24.7. The fourth-order valence-electron chi connectivity index (χ4n) is 7.60. The quantitative estimate of drug-likeness (QED) is 0.138. The lowest BCUT2D eigenvalue weighted by Crippen LogP contribution is -2.75. The van der Waals surface area contributed by atoms with Gasteiger partial charge in [0.1, 0.15) is 0 Å². The van der Waals surface area contributed by atoms with Crippen molar-refractivity contribution in [3.63, 3.8) is 0 Å². The van der Waals surface area contributed by atoms with Gasteiger partial charge < -0.3 is 4.57 Å². The van der Waals surface area contributed by atoms with Gasteiger partial charge in [-0.15, -0.1) is 0 Å². The van der Waals surface area contributed by atoms with Crippen LogP contribution >= 0.6 is 0 Å². The number of aromatic nitrogens is 1. The smallest absolute Gasteiger partial charge is 0.181 e. The summed E-state index contributed by atoms with van der Waals surface area (Å²) in [4.78, 5) is 0. The molecule has 0 fully saturated rings. The van der Waals surface area contributed by atoms with E-state index in [9.17, 15) is 15.8 Å². The number of fused-ring (bicyclic) bond motifs is 3. The van der Waals surface area contributed by atoms with Crippen LogP contribution in [0.1, 0.15) is 16.7 Å². The minimum absolute atomic E-state index is 0.511. The van der Waals surface area contributed by atoms with E-state index in [2.05, 4.69) is 120 Å². The van der Waals surface area contributed by atoms with Crippen LogP contribution in [0, 0.1) is 34.0 Å². The van der Waals surface area contributed by atoms with Crippen molar-refractivity contribution in [1.82, 2.24) is 4.57 Å². The minimum Gasteiger partial charge on any atom is -0.309 e. The Morgan fingerprint density at radius 3 is 1.60 bits per heavy atom. The average molecular weight is 653 g/mol. The highest BCUT2D eigenvalue weighted by atomic mass is 28.3. The molecular formula is C45H28N4Si. The third kappa shape index (κ3) is 4.72. The van der Waals surface area contributed by atoms with Gasteiger partial charge in [0, 0.05) is 22.0 Å². The molecule has 5 heteroatoms. The number of para-hydroxylation sites is 1. The Hall–Kier alpha value is -6.97. The third-order valence-electron chi connectivity index (χ3n) is 9.64. The van der Waals surface area contributed by atoms with E-state index in [0.29, 0.717) is 16.7 Å². The highest BCUT2D eigenvalue weighted by Crippen LogP contribution is 2.35. The first kappa shape index (κ1) is 30.4. The standard InChI is InChI=1S/C45H28N4Si/c46-29-32-23-26-43-41(27-32)40-21-10-11-22-42(40)49(43)36-14-12-13-33(28-36)44-34(30-47)24-25-35(31-48)45(44)50(37-15-4-1-5-16-37,38-17-6-2-7-18-38)39-19-8-3-9-20-39/h1-28H. The highest BCUT2D eigenvalue weighted by Gasteiger charge is 2.45. The van der Waals surface area contributed by atoms with E-state index in [4.69, 9.17) is 0 Å². The first-order valence-corrected chi connectivity index (χ1v) is 18.4. The zero-order valence-corrected chi connectivity index (χ0v) is 28.0. The van der Waals surface area contributed by atoms with Crippen molar-refractivity contribution in [2.75, 3.05) is 0 Å². The van der Waals surface area contributed by atoms with Gasteiger partial charge in [0.15, 0.2) is 8.07 Å². The van der Waals surface area contributed by atoms with Gasteiger partial charge in [-0.25, -0.2) is 0 Å². The lowest BCUT2D eigenvalue weighted by atomic mass is 9.97. The summed E-state index contributed by atoms with van der Waals surface area (Å²) >= 11 is 0. The van der Waals surface area contributed by atoms with Crippen LogP contribution in [0.2, 0.25) is 0 Å². The Morgan fingerprint density at radius 2 is 1.00 bits per heavy atom. The fraction of sp³-hybridized carbons (Fsp3) is 0. The summed E-state index contributed by atoms with van der Waals surface area (Å²) in [5.74, 6) is 0.